The third-order valence-electron chi connectivity index (χ3n) is 4.51. The van der Waals surface area contributed by atoms with E-state index in [0.717, 1.165) is 22.2 Å². The Morgan fingerprint density at radius 3 is 2.46 bits per heavy atom. The van der Waals surface area contributed by atoms with Gasteiger partial charge in [-0.15, -0.1) is 10.2 Å². The minimum atomic E-state index is -3.19. The average molecular weight is 417 g/mol. The fourth-order valence-electron chi connectivity index (χ4n) is 2.75. The lowest BCUT2D eigenvalue weighted by atomic mass is 10.1. The molecule has 2 aromatic carbocycles. The zero-order chi connectivity index (χ0) is 20.1. The van der Waals surface area contributed by atoms with Crippen LogP contribution in [0, 0.1) is 13.8 Å². The molecule has 0 aliphatic heterocycles. The van der Waals surface area contributed by atoms with Gasteiger partial charge in [-0.05, 0) is 50.6 Å². The van der Waals surface area contributed by atoms with Crippen LogP contribution in [0.25, 0.3) is 17.1 Å². The monoisotopic (exact) mass is 416 g/mol. The van der Waals surface area contributed by atoms with Gasteiger partial charge in [-0.1, -0.05) is 48.2 Å². The van der Waals surface area contributed by atoms with Crippen molar-refractivity contribution in [3.05, 3.63) is 59.7 Å². The first-order valence-corrected chi connectivity index (χ1v) is 11.7. The maximum Gasteiger partial charge on any atom is 0.211 e. The van der Waals surface area contributed by atoms with Gasteiger partial charge in [0.25, 0.3) is 0 Å². The largest absolute Gasteiger partial charge is 0.270 e. The van der Waals surface area contributed by atoms with Crippen LogP contribution in [0.2, 0.25) is 0 Å². The predicted octanol–water partition coefficient (Wildman–Crippen LogP) is 3.58. The van der Waals surface area contributed by atoms with Crippen molar-refractivity contribution in [2.75, 3.05) is 18.6 Å². The number of aromatic nitrogens is 3. The van der Waals surface area contributed by atoms with Gasteiger partial charge in [0.1, 0.15) is 0 Å². The van der Waals surface area contributed by atoms with Gasteiger partial charge in [0.15, 0.2) is 11.0 Å². The summed E-state index contributed by atoms with van der Waals surface area (Å²) in [5, 5.41) is 9.56. The summed E-state index contributed by atoms with van der Waals surface area (Å²) in [5.41, 5.74) is 4.40. The van der Waals surface area contributed by atoms with Crippen molar-refractivity contribution in [2.45, 2.75) is 25.4 Å². The molecule has 1 N–H and O–H groups in total. The maximum absolute atomic E-state index is 11.6. The molecule has 0 spiro atoms. The minimum absolute atomic E-state index is 0.0970. The van der Waals surface area contributed by atoms with Gasteiger partial charge < -0.3 is 0 Å². The highest BCUT2D eigenvalue weighted by molar-refractivity contribution is 7.99. The number of nitrogens with one attached hydrogen (secondary N) is 1. The smallest absolute Gasteiger partial charge is 0.211 e. The molecule has 0 atom stereocenters. The molecule has 148 valence electrons. The van der Waals surface area contributed by atoms with Crippen molar-refractivity contribution in [1.82, 2.24) is 19.5 Å². The lowest BCUT2D eigenvalue weighted by Gasteiger charge is -2.12. The molecule has 28 heavy (non-hydrogen) atoms. The molecular formula is C20H24N4O2S2. The molecule has 0 unspecified atom stereocenters. The molecule has 1 heterocycles. The van der Waals surface area contributed by atoms with Gasteiger partial charge in [0, 0.05) is 11.3 Å². The van der Waals surface area contributed by atoms with Crippen molar-refractivity contribution in [2.24, 2.45) is 0 Å². The summed E-state index contributed by atoms with van der Waals surface area (Å²) in [6, 6.07) is 16.2. The molecule has 1 aromatic heterocycles. The summed E-state index contributed by atoms with van der Waals surface area (Å²) in [6.45, 7) is 4.17. The highest BCUT2D eigenvalue weighted by Crippen LogP contribution is 2.29. The van der Waals surface area contributed by atoms with Crippen LogP contribution < -0.4 is 4.72 Å². The number of sulfonamides is 1. The summed E-state index contributed by atoms with van der Waals surface area (Å²) in [4.78, 5) is 0. The van der Waals surface area contributed by atoms with Gasteiger partial charge >= 0.3 is 0 Å². The minimum Gasteiger partial charge on any atom is -0.270 e. The van der Waals surface area contributed by atoms with Crippen molar-refractivity contribution in [3.63, 3.8) is 0 Å². The number of rotatable bonds is 8. The SMILES string of the molecule is CNS(=O)(=O)CCCSc1nnc(-c2ccccc2)n1-c1ccc(C)c(C)c1. The van der Waals surface area contributed by atoms with Crippen LogP contribution in [-0.4, -0.2) is 41.7 Å². The van der Waals surface area contributed by atoms with Crippen LogP contribution in [0.3, 0.4) is 0 Å². The van der Waals surface area contributed by atoms with Gasteiger partial charge in [0.05, 0.1) is 11.4 Å². The van der Waals surface area contributed by atoms with Gasteiger partial charge in [-0.3, -0.25) is 4.57 Å². The number of benzene rings is 2. The van der Waals surface area contributed by atoms with Crippen LogP contribution in [0.4, 0.5) is 0 Å². The average Bonchev–Trinajstić information content (AvgIpc) is 3.12. The molecular weight excluding hydrogens is 392 g/mol. The van der Waals surface area contributed by atoms with Gasteiger partial charge in [-0.25, -0.2) is 13.1 Å². The summed E-state index contributed by atoms with van der Waals surface area (Å²) in [6.07, 6.45) is 0.536. The standard InChI is InChI=1S/C20H24N4O2S2/c1-15-10-11-18(14-16(15)2)24-19(17-8-5-4-6-9-17)22-23-20(24)27-12-7-13-28(25,26)21-3/h4-6,8-11,14,21H,7,12-13H2,1-3H3. The summed E-state index contributed by atoms with van der Waals surface area (Å²) < 4.78 is 27.6. The fourth-order valence-corrected chi connectivity index (χ4v) is 4.55. The summed E-state index contributed by atoms with van der Waals surface area (Å²) in [5.74, 6) is 1.51. The van der Waals surface area contributed by atoms with Gasteiger partial charge in [-0.2, -0.15) is 0 Å². The first-order chi connectivity index (χ1) is 13.4. The molecule has 0 aliphatic rings. The lowest BCUT2D eigenvalue weighted by Crippen LogP contribution is -2.22. The Labute approximate surface area is 170 Å². The van der Waals surface area contributed by atoms with Crippen LogP contribution in [0.1, 0.15) is 17.5 Å². The van der Waals surface area contributed by atoms with E-state index in [-0.39, 0.29) is 5.75 Å². The van der Waals surface area contributed by atoms with E-state index in [9.17, 15) is 8.42 Å². The van der Waals surface area contributed by atoms with Crippen molar-refractivity contribution >= 4 is 21.8 Å². The lowest BCUT2D eigenvalue weighted by molar-refractivity contribution is 0.587. The summed E-state index contributed by atoms with van der Waals surface area (Å²) >= 11 is 1.52. The number of thioether (sulfide) groups is 1. The normalized spacial score (nSPS) is 11.7. The van der Waals surface area contributed by atoms with Crippen LogP contribution in [-0.2, 0) is 10.0 Å². The molecule has 3 rings (SSSR count). The second-order valence-corrected chi connectivity index (χ2v) is 9.61. The van der Waals surface area contributed by atoms with Crippen molar-refractivity contribution in [3.8, 4) is 17.1 Å². The van der Waals surface area contributed by atoms with Crippen molar-refractivity contribution in [1.29, 1.82) is 0 Å². The first-order valence-electron chi connectivity index (χ1n) is 9.04. The van der Waals surface area contributed by atoms with Crippen LogP contribution >= 0.6 is 11.8 Å². The number of hydrogen-bond acceptors (Lipinski definition) is 5. The quantitative estimate of drug-likeness (QED) is 0.449. The second-order valence-electron chi connectivity index (χ2n) is 6.50. The third-order valence-corrected chi connectivity index (χ3v) is 6.98. The van der Waals surface area contributed by atoms with E-state index in [1.807, 2.05) is 34.9 Å². The molecule has 3 aromatic rings. The molecule has 6 nitrogen and oxygen atoms in total. The number of nitrogens with zero attached hydrogens (tertiary/aromatic N) is 3. The number of hydrogen-bond donors (Lipinski definition) is 1. The second kappa shape index (κ2) is 8.89. The van der Waals surface area contributed by atoms with E-state index < -0.39 is 10.0 Å². The highest BCUT2D eigenvalue weighted by Gasteiger charge is 2.17. The van der Waals surface area contributed by atoms with E-state index in [4.69, 9.17) is 0 Å². The Kier molecular flexibility index (Phi) is 6.53. The Balaban J connectivity index is 1.92. The summed E-state index contributed by atoms with van der Waals surface area (Å²) in [7, 11) is -1.76. The van der Waals surface area contributed by atoms with Gasteiger partial charge in [0.2, 0.25) is 10.0 Å². The van der Waals surface area contributed by atoms with E-state index in [0.29, 0.717) is 12.2 Å². The van der Waals surface area contributed by atoms with E-state index in [1.165, 1.54) is 29.9 Å². The molecule has 0 amide bonds. The zero-order valence-electron chi connectivity index (χ0n) is 16.2. The van der Waals surface area contributed by atoms with E-state index in [1.54, 1.807) is 0 Å². The molecule has 8 heteroatoms. The molecule has 0 radical (unpaired) electrons. The third kappa shape index (κ3) is 4.81. The molecule has 0 saturated heterocycles. The molecule has 0 saturated carbocycles. The maximum atomic E-state index is 11.6. The van der Waals surface area contributed by atoms with Crippen LogP contribution in [0.5, 0.6) is 0 Å². The van der Waals surface area contributed by atoms with Crippen molar-refractivity contribution < 1.29 is 8.42 Å². The Morgan fingerprint density at radius 2 is 1.79 bits per heavy atom. The first kappa shape index (κ1) is 20.6. The van der Waals surface area contributed by atoms with Crippen LogP contribution in [0.15, 0.2) is 53.7 Å². The number of aryl methyl sites for hydroxylation is 2. The Bertz CT molecular complexity index is 1050. The van der Waals surface area contributed by atoms with E-state index >= 15 is 0 Å². The Hall–Kier alpha value is -2.16. The zero-order valence-corrected chi connectivity index (χ0v) is 17.8. The Morgan fingerprint density at radius 1 is 1.04 bits per heavy atom. The fraction of sp³-hybridized carbons (Fsp3) is 0.300. The predicted molar refractivity (Wildman–Crippen MR) is 114 cm³/mol. The topological polar surface area (TPSA) is 76.9 Å². The molecule has 0 bridgehead atoms. The molecule has 0 aliphatic carbocycles. The highest BCUT2D eigenvalue weighted by atomic mass is 32.2. The molecule has 0 fully saturated rings. The van der Waals surface area contributed by atoms with E-state index in [2.05, 4.69) is 47.0 Å².